The molecule has 13 rings (SSSR count). The van der Waals surface area contributed by atoms with E-state index in [2.05, 4.69) is 224 Å². The van der Waals surface area contributed by atoms with Crippen molar-refractivity contribution in [2.75, 3.05) is 0 Å². The fourth-order valence-corrected chi connectivity index (χ4v) is 11.3. The molecule has 4 heteroatoms. The maximum atomic E-state index is 5.20. The van der Waals surface area contributed by atoms with Crippen molar-refractivity contribution in [2.24, 2.45) is 0 Å². The Balaban J connectivity index is 0.940. The Kier molecular flexibility index (Phi) is 8.30. The lowest BCUT2D eigenvalue weighted by Crippen LogP contribution is -2.28. The van der Waals surface area contributed by atoms with Crippen LogP contribution >= 0.6 is 11.3 Å². The van der Waals surface area contributed by atoms with Crippen LogP contribution in [-0.4, -0.2) is 15.0 Å². The molecule has 0 saturated heterocycles. The molecule has 0 amide bonds. The highest BCUT2D eigenvalue weighted by Gasteiger charge is 2.46. The summed E-state index contributed by atoms with van der Waals surface area (Å²) in [4.78, 5) is 15.5. The van der Waals surface area contributed by atoms with E-state index >= 15 is 0 Å². The first kappa shape index (κ1) is 36.6. The van der Waals surface area contributed by atoms with Crippen molar-refractivity contribution in [3.8, 4) is 56.4 Å². The topological polar surface area (TPSA) is 38.7 Å². The number of nitrogens with zero attached hydrogens (tertiary/aromatic N) is 3. The Hall–Kier alpha value is -8.05. The zero-order valence-electron chi connectivity index (χ0n) is 34.6. The van der Waals surface area contributed by atoms with Gasteiger partial charge in [0.05, 0.1) is 5.41 Å². The van der Waals surface area contributed by atoms with Gasteiger partial charge in [0.25, 0.3) is 0 Å². The van der Waals surface area contributed by atoms with Gasteiger partial charge in [0.2, 0.25) is 0 Å². The van der Waals surface area contributed by atoms with Crippen molar-refractivity contribution < 1.29 is 0 Å². The zero-order valence-corrected chi connectivity index (χ0v) is 35.4. The van der Waals surface area contributed by atoms with E-state index in [0.29, 0.717) is 17.5 Å². The van der Waals surface area contributed by atoms with Crippen LogP contribution in [0.1, 0.15) is 22.3 Å². The van der Waals surface area contributed by atoms with Crippen molar-refractivity contribution in [3.05, 3.63) is 247 Å². The van der Waals surface area contributed by atoms with Gasteiger partial charge in [0, 0.05) is 36.9 Å². The van der Waals surface area contributed by atoms with Crippen molar-refractivity contribution in [1.82, 2.24) is 15.0 Å². The van der Waals surface area contributed by atoms with Crippen LogP contribution in [0.2, 0.25) is 0 Å². The summed E-state index contributed by atoms with van der Waals surface area (Å²) in [5.74, 6) is 1.94. The van der Waals surface area contributed by atoms with E-state index in [4.69, 9.17) is 15.0 Å². The number of thiophene rings is 1. The number of hydrogen-bond donors (Lipinski definition) is 0. The molecule has 64 heavy (non-hydrogen) atoms. The van der Waals surface area contributed by atoms with E-state index in [9.17, 15) is 0 Å². The molecule has 10 aromatic carbocycles. The highest BCUT2D eigenvalue weighted by Crippen LogP contribution is 2.56. The van der Waals surface area contributed by atoms with Gasteiger partial charge in [-0.25, -0.2) is 15.0 Å². The van der Waals surface area contributed by atoms with Crippen LogP contribution in [0, 0.1) is 0 Å². The third-order valence-corrected chi connectivity index (χ3v) is 14.3. The summed E-state index contributed by atoms with van der Waals surface area (Å²) in [5.41, 5.74) is 12.5. The van der Waals surface area contributed by atoms with Gasteiger partial charge < -0.3 is 0 Å². The highest BCUT2D eigenvalue weighted by atomic mass is 32.1. The molecule has 0 atom stereocenters. The number of hydrogen-bond acceptors (Lipinski definition) is 4. The maximum absolute atomic E-state index is 5.20. The Morgan fingerprint density at radius 2 is 0.750 bits per heavy atom. The quantitative estimate of drug-likeness (QED) is 0.168. The molecular formula is C60H37N3S. The molecule has 0 fully saturated rings. The molecular weight excluding hydrogens is 795 g/mol. The minimum atomic E-state index is -0.446. The number of benzene rings is 10. The van der Waals surface area contributed by atoms with Crippen LogP contribution in [-0.2, 0) is 5.41 Å². The first-order chi connectivity index (χ1) is 31.7. The van der Waals surface area contributed by atoms with E-state index in [0.717, 1.165) is 27.6 Å². The predicted molar refractivity (Wildman–Crippen MR) is 267 cm³/mol. The SMILES string of the molecule is c1ccc(C2(c3ccc4c(c3)sc3cc(-c5nc(-c6ccc(-c7ccc8ccccc8c7)cc6)nc(-c6ccc7ccccc7c6)n5)ccc34)c3ccccc3-c3ccccc32)cc1. The number of rotatable bonds is 6. The highest BCUT2D eigenvalue weighted by molar-refractivity contribution is 7.25. The number of fused-ring (bicyclic) bond motifs is 8. The predicted octanol–water partition coefficient (Wildman–Crippen LogP) is 15.6. The second-order valence-electron chi connectivity index (χ2n) is 16.7. The first-order valence-corrected chi connectivity index (χ1v) is 22.6. The van der Waals surface area contributed by atoms with Gasteiger partial charge in [-0.05, 0) is 90.3 Å². The molecule has 2 aromatic heterocycles. The lowest BCUT2D eigenvalue weighted by molar-refractivity contribution is 0.770. The summed E-state index contributed by atoms with van der Waals surface area (Å²) in [5, 5.41) is 7.26. The van der Waals surface area contributed by atoms with Crippen LogP contribution in [0.4, 0.5) is 0 Å². The van der Waals surface area contributed by atoms with E-state index < -0.39 is 5.41 Å². The van der Waals surface area contributed by atoms with Crippen LogP contribution < -0.4 is 0 Å². The molecule has 2 heterocycles. The van der Waals surface area contributed by atoms with Gasteiger partial charge in [-0.1, -0.05) is 200 Å². The molecule has 1 aliphatic rings. The van der Waals surface area contributed by atoms with Gasteiger partial charge in [-0.3, -0.25) is 0 Å². The normalized spacial score (nSPS) is 12.8. The monoisotopic (exact) mass is 831 g/mol. The summed E-state index contributed by atoms with van der Waals surface area (Å²) in [6.07, 6.45) is 0. The second kappa shape index (κ2) is 14.5. The summed E-state index contributed by atoms with van der Waals surface area (Å²) < 4.78 is 2.45. The van der Waals surface area contributed by atoms with Crippen LogP contribution in [0.25, 0.3) is 98.1 Å². The third-order valence-electron chi connectivity index (χ3n) is 13.2. The lowest BCUT2D eigenvalue weighted by atomic mass is 9.67. The van der Waals surface area contributed by atoms with Gasteiger partial charge in [0.1, 0.15) is 0 Å². The summed E-state index contributed by atoms with van der Waals surface area (Å²) >= 11 is 1.83. The van der Waals surface area contributed by atoms with E-state index in [1.165, 1.54) is 75.3 Å². The largest absolute Gasteiger partial charge is 0.208 e. The Labute approximate surface area is 374 Å². The molecule has 0 saturated carbocycles. The standard InChI is InChI=1S/C60H37N3S/c1-2-16-47(17-3-1)60(53-20-10-8-18-49(53)50-19-9-11-21-54(50)60)48-31-33-52-51-32-30-46(36-55(51)64-56(52)37-48)59-62-57(61-58(63-59)45-29-25-39-13-5-7-15-43(39)35-45)41-26-22-40(23-27-41)44-28-24-38-12-4-6-14-42(38)34-44/h1-37H. The molecule has 0 radical (unpaired) electrons. The fraction of sp³-hybridized carbons (Fsp3) is 0.0167. The molecule has 0 unspecified atom stereocenters. The number of aromatic nitrogens is 3. The molecule has 0 aliphatic heterocycles. The van der Waals surface area contributed by atoms with Crippen molar-refractivity contribution in [2.45, 2.75) is 5.41 Å². The summed E-state index contributed by atoms with van der Waals surface area (Å²) in [6, 6.07) is 81.3. The lowest BCUT2D eigenvalue weighted by Gasteiger charge is -2.33. The molecule has 0 N–H and O–H groups in total. The molecule has 0 bridgehead atoms. The van der Waals surface area contributed by atoms with Gasteiger partial charge >= 0.3 is 0 Å². The van der Waals surface area contributed by atoms with Crippen molar-refractivity contribution in [3.63, 3.8) is 0 Å². The maximum Gasteiger partial charge on any atom is 0.164 e. The molecule has 1 aliphatic carbocycles. The molecule has 12 aromatic rings. The molecule has 0 spiro atoms. The minimum absolute atomic E-state index is 0.446. The Morgan fingerprint density at radius 1 is 0.297 bits per heavy atom. The third kappa shape index (κ3) is 5.77. The van der Waals surface area contributed by atoms with Gasteiger partial charge in [-0.2, -0.15) is 0 Å². The molecule has 3 nitrogen and oxygen atoms in total. The minimum Gasteiger partial charge on any atom is -0.208 e. The van der Waals surface area contributed by atoms with E-state index in [1.807, 2.05) is 11.3 Å². The van der Waals surface area contributed by atoms with Crippen LogP contribution in [0.3, 0.4) is 0 Å². The van der Waals surface area contributed by atoms with E-state index in [1.54, 1.807) is 0 Å². The molecule has 298 valence electrons. The first-order valence-electron chi connectivity index (χ1n) is 21.7. The Morgan fingerprint density at radius 3 is 1.41 bits per heavy atom. The van der Waals surface area contributed by atoms with Crippen molar-refractivity contribution >= 4 is 53.1 Å². The van der Waals surface area contributed by atoms with Crippen molar-refractivity contribution in [1.29, 1.82) is 0 Å². The van der Waals surface area contributed by atoms with Gasteiger partial charge in [-0.15, -0.1) is 11.3 Å². The second-order valence-corrected chi connectivity index (χ2v) is 17.8. The van der Waals surface area contributed by atoms with Crippen LogP contribution in [0.15, 0.2) is 224 Å². The van der Waals surface area contributed by atoms with E-state index in [-0.39, 0.29) is 0 Å². The summed E-state index contributed by atoms with van der Waals surface area (Å²) in [7, 11) is 0. The Bertz CT molecular complexity index is 3750. The zero-order chi connectivity index (χ0) is 42.2. The average molecular weight is 832 g/mol. The average Bonchev–Trinajstić information content (AvgIpc) is 3.89. The summed E-state index contributed by atoms with van der Waals surface area (Å²) in [6.45, 7) is 0. The van der Waals surface area contributed by atoms with Gasteiger partial charge in [0.15, 0.2) is 17.5 Å². The van der Waals surface area contributed by atoms with Crippen LogP contribution in [0.5, 0.6) is 0 Å². The fourth-order valence-electron chi connectivity index (χ4n) is 10.1. The smallest absolute Gasteiger partial charge is 0.164 e.